The van der Waals surface area contributed by atoms with Gasteiger partial charge < -0.3 is 20.1 Å². The number of carbonyl (C=O) groups excluding carboxylic acids is 1. The molecule has 1 aromatic carbocycles. The van der Waals surface area contributed by atoms with Crippen LogP contribution < -0.4 is 15.4 Å². The number of rotatable bonds is 7. The van der Waals surface area contributed by atoms with Gasteiger partial charge in [-0.1, -0.05) is 6.07 Å². The van der Waals surface area contributed by atoms with Gasteiger partial charge in [-0.15, -0.1) is 10.2 Å². The molecule has 1 aliphatic heterocycles. The second-order valence-electron chi connectivity index (χ2n) is 5.87. The minimum absolute atomic E-state index is 0.256. The zero-order chi connectivity index (χ0) is 18.2. The monoisotopic (exact) mass is 357 g/mol. The summed E-state index contributed by atoms with van der Waals surface area (Å²) in [6.45, 7) is 5.18. The van der Waals surface area contributed by atoms with E-state index in [1.807, 2.05) is 12.1 Å². The number of aromatic nitrogens is 2. The smallest absolute Gasteiger partial charge is 0.276 e. The molecule has 0 spiro atoms. The van der Waals surface area contributed by atoms with Gasteiger partial charge >= 0.3 is 0 Å². The lowest BCUT2D eigenvalue weighted by Crippen LogP contribution is -2.39. The maximum Gasteiger partial charge on any atom is 0.276 e. The summed E-state index contributed by atoms with van der Waals surface area (Å²) in [4.78, 5) is 14.6. The third-order valence-corrected chi connectivity index (χ3v) is 4.06. The van der Waals surface area contributed by atoms with E-state index in [1.165, 1.54) is 0 Å². The first kappa shape index (κ1) is 18.1. The molecular formula is C18H23N5O3. The third kappa shape index (κ3) is 5.14. The molecule has 1 saturated heterocycles. The van der Waals surface area contributed by atoms with Gasteiger partial charge in [0.25, 0.3) is 5.91 Å². The summed E-state index contributed by atoms with van der Waals surface area (Å²) in [5.74, 6) is 1.01. The van der Waals surface area contributed by atoms with Gasteiger partial charge in [-0.3, -0.25) is 9.69 Å². The van der Waals surface area contributed by atoms with E-state index >= 15 is 0 Å². The maximum absolute atomic E-state index is 12.3. The van der Waals surface area contributed by atoms with Crippen LogP contribution in [0.15, 0.2) is 36.4 Å². The SMILES string of the molecule is COc1cccc(NC(=O)c2ccc(NCCN3CCOCC3)nn2)c1. The molecular weight excluding hydrogens is 334 g/mol. The number of carbonyl (C=O) groups is 1. The van der Waals surface area contributed by atoms with E-state index in [4.69, 9.17) is 9.47 Å². The lowest BCUT2D eigenvalue weighted by molar-refractivity contribution is 0.0398. The van der Waals surface area contributed by atoms with Crippen molar-refractivity contribution in [1.82, 2.24) is 15.1 Å². The molecule has 1 aliphatic rings. The molecule has 0 aliphatic carbocycles. The fourth-order valence-electron chi connectivity index (χ4n) is 2.61. The van der Waals surface area contributed by atoms with Crippen molar-refractivity contribution in [2.75, 3.05) is 57.1 Å². The lowest BCUT2D eigenvalue weighted by atomic mass is 10.3. The number of benzene rings is 1. The summed E-state index contributed by atoms with van der Waals surface area (Å²) in [5, 5.41) is 14.1. The standard InChI is InChI=1S/C18H23N5O3/c1-25-15-4-2-3-14(13-15)20-18(24)16-5-6-17(22-21-16)19-7-8-23-9-11-26-12-10-23/h2-6,13H,7-12H2,1H3,(H,19,22)(H,20,24). The topological polar surface area (TPSA) is 88.6 Å². The number of nitrogens with zero attached hydrogens (tertiary/aromatic N) is 3. The summed E-state index contributed by atoms with van der Waals surface area (Å²) < 4.78 is 10.5. The second-order valence-corrected chi connectivity index (χ2v) is 5.87. The Labute approximate surface area is 152 Å². The van der Waals surface area contributed by atoms with Crippen molar-refractivity contribution in [2.45, 2.75) is 0 Å². The Hall–Kier alpha value is -2.71. The molecule has 0 atom stereocenters. The van der Waals surface area contributed by atoms with Crippen LogP contribution >= 0.6 is 0 Å². The lowest BCUT2D eigenvalue weighted by Gasteiger charge is -2.26. The van der Waals surface area contributed by atoms with E-state index in [1.54, 1.807) is 31.4 Å². The highest BCUT2D eigenvalue weighted by molar-refractivity contribution is 6.02. The molecule has 0 bridgehead atoms. The molecule has 0 unspecified atom stereocenters. The first-order valence-electron chi connectivity index (χ1n) is 8.58. The summed E-state index contributed by atoms with van der Waals surface area (Å²) in [5.41, 5.74) is 0.899. The van der Waals surface area contributed by atoms with Crippen LogP contribution in [-0.4, -0.2) is 67.5 Å². The zero-order valence-corrected chi connectivity index (χ0v) is 14.8. The molecule has 8 nitrogen and oxygen atoms in total. The van der Waals surface area contributed by atoms with Crippen molar-refractivity contribution < 1.29 is 14.3 Å². The summed E-state index contributed by atoms with van der Waals surface area (Å²) in [7, 11) is 1.58. The number of anilines is 2. The van der Waals surface area contributed by atoms with Crippen LogP contribution in [0.4, 0.5) is 11.5 Å². The molecule has 26 heavy (non-hydrogen) atoms. The summed E-state index contributed by atoms with van der Waals surface area (Å²) >= 11 is 0. The van der Waals surface area contributed by atoms with Gasteiger partial charge in [-0.05, 0) is 24.3 Å². The van der Waals surface area contributed by atoms with E-state index in [-0.39, 0.29) is 11.6 Å². The number of nitrogens with one attached hydrogen (secondary N) is 2. The molecule has 1 aromatic heterocycles. The molecule has 0 radical (unpaired) electrons. The molecule has 8 heteroatoms. The number of methoxy groups -OCH3 is 1. The fourth-order valence-corrected chi connectivity index (χ4v) is 2.61. The van der Waals surface area contributed by atoms with Gasteiger partial charge in [0.05, 0.1) is 20.3 Å². The number of hydrogen-bond acceptors (Lipinski definition) is 7. The molecule has 2 heterocycles. The number of morpholine rings is 1. The Morgan fingerprint density at radius 1 is 1.23 bits per heavy atom. The van der Waals surface area contributed by atoms with Gasteiger partial charge in [0, 0.05) is 37.9 Å². The Morgan fingerprint density at radius 2 is 2.08 bits per heavy atom. The molecule has 1 amide bonds. The van der Waals surface area contributed by atoms with Crippen LogP contribution in [0, 0.1) is 0 Å². The van der Waals surface area contributed by atoms with E-state index in [2.05, 4.69) is 25.7 Å². The Balaban J connectivity index is 1.49. The van der Waals surface area contributed by atoms with E-state index < -0.39 is 0 Å². The van der Waals surface area contributed by atoms with Crippen LogP contribution in [0.3, 0.4) is 0 Å². The summed E-state index contributed by atoms with van der Waals surface area (Å²) in [6.07, 6.45) is 0. The highest BCUT2D eigenvalue weighted by atomic mass is 16.5. The predicted molar refractivity (Wildman–Crippen MR) is 98.7 cm³/mol. The maximum atomic E-state index is 12.3. The molecule has 1 fully saturated rings. The van der Waals surface area contributed by atoms with Gasteiger partial charge in [0.1, 0.15) is 11.6 Å². The number of hydrogen-bond donors (Lipinski definition) is 2. The Morgan fingerprint density at radius 3 is 2.81 bits per heavy atom. The van der Waals surface area contributed by atoms with Gasteiger partial charge in [-0.2, -0.15) is 0 Å². The molecule has 2 aromatic rings. The fraction of sp³-hybridized carbons (Fsp3) is 0.389. The average molecular weight is 357 g/mol. The molecule has 2 N–H and O–H groups in total. The molecule has 0 saturated carbocycles. The highest BCUT2D eigenvalue weighted by Crippen LogP contribution is 2.17. The van der Waals surface area contributed by atoms with Crippen molar-refractivity contribution in [3.8, 4) is 5.75 Å². The Kier molecular flexibility index (Phi) is 6.34. The van der Waals surface area contributed by atoms with Crippen molar-refractivity contribution in [2.24, 2.45) is 0 Å². The number of amides is 1. The van der Waals surface area contributed by atoms with E-state index in [0.717, 1.165) is 39.4 Å². The van der Waals surface area contributed by atoms with Crippen LogP contribution in [0.1, 0.15) is 10.5 Å². The largest absolute Gasteiger partial charge is 0.497 e. The van der Waals surface area contributed by atoms with Gasteiger partial charge in [0.15, 0.2) is 5.69 Å². The van der Waals surface area contributed by atoms with Crippen LogP contribution in [0.5, 0.6) is 5.75 Å². The van der Waals surface area contributed by atoms with E-state index in [9.17, 15) is 4.79 Å². The highest BCUT2D eigenvalue weighted by Gasteiger charge is 2.11. The van der Waals surface area contributed by atoms with Crippen LogP contribution in [0.25, 0.3) is 0 Å². The molecule has 138 valence electrons. The average Bonchev–Trinajstić information content (AvgIpc) is 2.69. The van der Waals surface area contributed by atoms with Crippen molar-refractivity contribution in [3.05, 3.63) is 42.1 Å². The quantitative estimate of drug-likeness (QED) is 0.776. The van der Waals surface area contributed by atoms with Gasteiger partial charge in [-0.25, -0.2) is 0 Å². The van der Waals surface area contributed by atoms with Gasteiger partial charge in [0.2, 0.25) is 0 Å². The minimum Gasteiger partial charge on any atom is -0.497 e. The Bertz CT molecular complexity index is 717. The van der Waals surface area contributed by atoms with Crippen molar-refractivity contribution in [1.29, 1.82) is 0 Å². The van der Waals surface area contributed by atoms with Crippen LogP contribution in [0.2, 0.25) is 0 Å². The zero-order valence-electron chi connectivity index (χ0n) is 14.8. The first-order chi connectivity index (χ1) is 12.7. The normalized spacial score (nSPS) is 14.7. The molecule has 3 rings (SSSR count). The number of ether oxygens (including phenoxy) is 2. The summed E-state index contributed by atoms with van der Waals surface area (Å²) in [6, 6.07) is 10.6. The first-order valence-corrected chi connectivity index (χ1v) is 8.58. The predicted octanol–water partition coefficient (Wildman–Crippen LogP) is 1.48. The van der Waals surface area contributed by atoms with Crippen molar-refractivity contribution in [3.63, 3.8) is 0 Å². The second kappa shape index (κ2) is 9.12. The van der Waals surface area contributed by atoms with Crippen LogP contribution in [-0.2, 0) is 4.74 Å². The third-order valence-electron chi connectivity index (χ3n) is 4.06. The van der Waals surface area contributed by atoms with E-state index in [0.29, 0.717) is 17.3 Å². The van der Waals surface area contributed by atoms with Crippen molar-refractivity contribution >= 4 is 17.4 Å². The minimum atomic E-state index is -0.314.